The normalized spacial score (nSPS) is 17.6. The van der Waals surface area contributed by atoms with Crippen LogP contribution in [0.3, 0.4) is 0 Å². The monoisotopic (exact) mass is 427 g/mol. The number of hydrogen-bond acceptors (Lipinski definition) is 4. The van der Waals surface area contributed by atoms with Gasteiger partial charge in [-0.2, -0.15) is 11.8 Å². The van der Waals surface area contributed by atoms with Gasteiger partial charge >= 0.3 is 5.97 Å². The lowest BCUT2D eigenvalue weighted by Crippen LogP contribution is -2.34. The molecule has 1 aliphatic heterocycles. The van der Waals surface area contributed by atoms with Crippen molar-refractivity contribution in [3.63, 3.8) is 0 Å². The van der Waals surface area contributed by atoms with Crippen LogP contribution in [0.1, 0.15) is 90.9 Å². The number of rotatable bonds is 17. The van der Waals surface area contributed by atoms with Gasteiger partial charge in [0.25, 0.3) is 0 Å². The summed E-state index contributed by atoms with van der Waals surface area (Å²) in [5.74, 6) is 1.07. The predicted octanol–water partition coefficient (Wildman–Crippen LogP) is 5.02. The Kier molecular flexibility index (Phi) is 13.4. The molecule has 1 aliphatic rings. The van der Waals surface area contributed by atoms with Gasteiger partial charge in [0, 0.05) is 25.1 Å². The Bertz CT molecular complexity index is 499. The van der Waals surface area contributed by atoms with Crippen LogP contribution in [-0.2, 0) is 9.59 Å². The number of aliphatic hydroxyl groups is 1. The summed E-state index contributed by atoms with van der Waals surface area (Å²) in [6, 6.07) is 0.0750. The van der Waals surface area contributed by atoms with Crippen molar-refractivity contribution in [3.05, 3.63) is 12.2 Å². The van der Waals surface area contributed by atoms with E-state index >= 15 is 0 Å². The molecule has 2 N–H and O–H groups in total. The van der Waals surface area contributed by atoms with E-state index in [0.717, 1.165) is 69.3 Å². The van der Waals surface area contributed by atoms with Gasteiger partial charge in [0.05, 0.1) is 11.6 Å². The molecular formula is C23H41NO4S. The van der Waals surface area contributed by atoms with E-state index in [1.807, 2.05) is 11.0 Å². The molecule has 0 bridgehead atoms. The summed E-state index contributed by atoms with van der Waals surface area (Å²) in [5, 5.41) is 19.8. The Morgan fingerprint density at radius 1 is 1.14 bits per heavy atom. The lowest BCUT2D eigenvalue weighted by molar-refractivity contribution is -0.137. The molecule has 6 heteroatoms. The maximum absolute atomic E-state index is 12.3. The fraction of sp³-hybridized carbons (Fsp3) is 0.826. The first kappa shape index (κ1) is 26.0. The zero-order chi connectivity index (χ0) is 21.5. The van der Waals surface area contributed by atoms with Crippen LogP contribution in [0, 0.1) is 0 Å². The van der Waals surface area contributed by atoms with Crippen molar-refractivity contribution < 1.29 is 19.8 Å². The average Bonchev–Trinajstić information content (AvgIpc) is 3.03. The Morgan fingerprint density at radius 2 is 1.79 bits per heavy atom. The minimum atomic E-state index is -0.757. The van der Waals surface area contributed by atoms with E-state index in [1.165, 1.54) is 0 Å². The lowest BCUT2D eigenvalue weighted by atomic mass is 9.89. The van der Waals surface area contributed by atoms with E-state index < -0.39 is 11.6 Å². The van der Waals surface area contributed by atoms with Crippen LogP contribution >= 0.6 is 11.8 Å². The molecule has 1 heterocycles. The highest BCUT2D eigenvalue weighted by Crippen LogP contribution is 2.27. The number of thioether (sulfide) groups is 1. The van der Waals surface area contributed by atoms with Gasteiger partial charge in [-0.3, -0.25) is 9.59 Å². The zero-order valence-electron chi connectivity index (χ0n) is 18.4. The standard InChI is InChI=1S/C23H41NO4S/c1-3-5-7-14-23(28,15-8-6-4-2)16-13-20-11-12-21(25)24(20)17-19-29-18-9-10-22(26)27/h13,16,20,28H,3-12,14-15,17-19H2,1-2H3,(H,26,27). The molecule has 0 aromatic heterocycles. The highest BCUT2D eigenvalue weighted by atomic mass is 32.2. The number of unbranched alkanes of at least 4 members (excludes halogenated alkanes) is 4. The van der Waals surface area contributed by atoms with Crippen molar-refractivity contribution >= 4 is 23.6 Å². The quantitative estimate of drug-likeness (QED) is 0.252. The van der Waals surface area contributed by atoms with E-state index in [9.17, 15) is 14.7 Å². The fourth-order valence-corrected chi connectivity index (χ4v) is 4.66. The largest absolute Gasteiger partial charge is 0.481 e. The number of likely N-dealkylation sites (tertiary alicyclic amines) is 1. The zero-order valence-corrected chi connectivity index (χ0v) is 19.2. The first-order chi connectivity index (χ1) is 13.9. The molecule has 29 heavy (non-hydrogen) atoms. The van der Waals surface area contributed by atoms with Crippen LogP contribution in [-0.4, -0.2) is 56.7 Å². The summed E-state index contributed by atoms with van der Waals surface area (Å²) in [6.45, 7) is 5.04. The molecule has 1 amide bonds. The van der Waals surface area contributed by atoms with Crippen molar-refractivity contribution in [1.82, 2.24) is 4.90 Å². The summed E-state index contributed by atoms with van der Waals surface area (Å²) in [5.41, 5.74) is -0.757. The molecule has 1 fully saturated rings. The highest BCUT2D eigenvalue weighted by Gasteiger charge is 2.30. The Balaban J connectivity index is 2.55. The minimum Gasteiger partial charge on any atom is -0.481 e. The van der Waals surface area contributed by atoms with Gasteiger partial charge in [-0.05, 0) is 31.4 Å². The first-order valence-electron chi connectivity index (χ1n) is 11.4. The van der Waals surface area contributed by atoms with Gasteiger partial charge in [-0.25, -0.2) is 0 Å². The number of aliphatic carboxylic acids is 1. The van der Waals surface area contributed by atoms with E-state index in [2.05, 4.69) is 19.9 Å². The molecular weight excluding hydrogens is 386 g/mol. The lowest BCUT2D eigenvalue weighted by Gasteiger charge is -2.27. The number of carbonyl (C=O) groups is 2. The Labute approximate surface area is 181 Å². The molecule has 1 rings (SSSR count). The molecule has 0 spiro atoms. The summed E-state index contributed by atoms with van der Waals surface area (Å²) in [6.07, 6.45) is 14.5. The van der Waals surface area contributed by atoms with E-state index in [-0.39, 0.29) is 18.4 Å². The molecule has 168 valence electrons. The minimum absolute atomic E-state index is 0.0750. The average molecular weight is 428 g/mol. The predicted molar refractivity (Wildman–Crippen MR) is 121 cm³/mol. The molecule has 1 atom stereocenters. The number of amides is 1. The van der Waals surface area contributed by atoms with Gasteiger partial charge in [-0.1, -0.05) is 64.5 Å². The van der Waals surface area contributed by atoms with Crippen LogP contribution in [0.4, 0.5) is 0 Å². The van der Waals surface area contributed by atoms with E-state index in [4.69, 9.17) is 5.11 Å². The summed E-state index contributed by atoms with van der Waals surface area (Å²) < 4.78 is 0. The SMILES string of the molecule is CCCCCC(O)(C=CC1CCC(=O)N1CCSCCCC(=O)O)CCCCC. The first-order valence-corrected chi connectivity index (χ1v) is 12.6. The van der Waals surface area contributed by atoms with Crippen LogP contribution in [0.25, 0.3) is 0 Å². The maximum atomic E-state index is 12.3. The summed E-state index contributed by atoms with van der Waals surface area (Å²) in [7, 11) is 0. The second-order valence-electron chi connectivity index (χ2n) is 8.18. The number of nitrogens with zero attached hydrogens (tertiary/aromatic N) is 1. The molecule has 0 radical (unpaired) electrons. The smallest absolute Gasteiger partial charge is 0.303 e. The van der Waals surface area contributed by atoms with Crippen molar-refractivity contribution in [2.45, 2.75) is 103 Å². The summed E-state index contributed by atoms with van der Waals surface area (Å²) in [4.78, 5) is 24.8. The van der Waals surface area contributed by atoms with Gasteiger partial charge in [0.15, 0.2) is 0 Å². The fourth-order valence-electron chi connectivity index (χ4n) is 3.78. The molecule has 0 saturated carbocycles. The second kappa shape index (κ2) is 14.9. The molecule has 1 unspecified atom stereocenters. The topological polar surface area (TPSA) is 77.8 Å². The number of carboxylic acid groups (broad SMARTS) is 1. The highest BCUT2D eigenvalue weighted by molar-refractivity contribution is 7.99. The maximum Gasteiger partial charge on any atom is 0.303 e. The third kappa shape index (κ3) is 11.1. The van der Waals surface area contributed by atoms with Gasteiger partial charge in [0.1, 0.15) is 0 Å². The molecule has 0 aliphatic carbocycles. The van der Waals surface area contributed by atoms with Crippen LogP contribution in [0.2, 0.25) is 0 Å². The second-order valence-corrected chi connectivity index (χ2v) is 9.40. The van der Waals surface area contributed by atoms with E-state index in [0.29, 0.717) is 19.4 Å². The van der Waals surface area contributed by atoms with E-state index in [1.54, 1.807) is 11.8 Å². The van der Waals surface area contributed by atoms with Gasteiger partial charge in [-0.15, -0.1) is 0 Å². The van der Waals surface area contributed by atoms with Crippen molar-refractivity contribution in [2.75, 3.05) is 18.1 Å². The van der Waals surface area contributed by atoms with Crippen molar-refractivity contribution in [1.29, 1.82) is 0 Å². The Morgan fingerprint density at radius 3 is 2.38 bits per heavy atom. The Hall–Kier alpha value is -1.01. The van der Waals surface area contributed by atoms with Crippen LogP contribution in [0.5, 0.6) is 0 Å². The summed E-state index contributed by atoms with van der Waals surface area (Å²) >= 11 is 1.71. The van der Waals surface area contributed by atoms with Crippen molar-refractivity contribution in [2.24, 2.45) is 0 Å². The molecule has 0 aromatic rings. The van der Waals surface area contributed by atoms with Gasteiger partial charge in [0.2, 0.25) is 5.91 Å². The number of carboxylic acids is 1. The van der Waals surface area contributed by atoms with Crippen LogP contribution in [0.15, 0.2) is 12.2 Å². The van der Waals surface area contributed by atoms with Crippen molar-refractivity contribution in [3.8, 4) is 0 Å². The third-order valence-electron chi connectivity index (χ3n) is 5.59. The molecule has 0 aromatic carbocycles. The molecule has 5 nitrogen and oxygen atoms in total. The number of hydrogen-bond donors (Lipinski definition) is 2. The number of carbonyl (C=O) groups excluding carboxylic acids is 1. The van der Waals surface area contributed by atoms with Gasteiger partial charge < -0.3 is 15.1 Å². The molecule has 1 saturated heterocycles. The van der Waals surface area contributed by atoms with Crippen LogP contribution < -0.4 is 0 Å². The third-order valence-corrected chi connectivity index (χ3v) is 6.63.